The fraction of sp³-hybridized carbons (Fsp3) is 0.565. The van der Waals surface area contributed by atoms with Crippen LogP contribution in [-0.4, -0.2) is 44.6 Å². The van der Waals surface area contributed by atoms with E-state index in [0.717, 1.165) is 24.3 Å². The van der Waals surface area contributed by atoms with Gasteiger partial charge in [-0.15, -0.1) is 0 Å². The Morgan fingerprint density at radius 3 is 2.39 bits per heavy atom. The minimum atomic E-state index is -4.69. The van der Waals surface area contributed by atoms with Crippen molar-refractivity contribution in [3.63, 3.8) is 0 Å². The SMILES string of the molecule is O=S1(=O)N[C@H]2CC[C@@](C3CC(F)=CC=C3F)(S(=O)(=O)c3ccc(C(F)(F)F)cc3)C[C@H]2C[C@@H]1CCO. The molecule has 2 fully saturated rings. The maximum Gasteiger partial charge on any atom is 0.416 e. The summed E-state index contributed by atoms with van der Waals surface area (Å²) >= 11 is 0. The summed E-state index contributed by atoms with van der Waals surface area (Å²) in [4.78, 5) is -0.444. The van der Waals surface area contributed by atoms with Crippen molar-refractivity contribution in [3.05, 3.63) is 53.6 Å². The molecule has 1 aliphatic heterocycles. The van der Waals surface area contributed by atoms with E-state index in [-0.39, 0.29) is 32.1 Å². The molecular weight excluding hydrogens is 529 g/mol. The standard InChI is InChI=1S/C23H26F5NO5S2/c24-16-3-6-20(25)19(12-16)22(35(31,32)17-4-1-15(2-5-17)23(26,27)28)9-7-21-14(13-22)11-18(8-10-30)36(33,34)29-21/h1-6,14,18-19,21,29-30H,7-13H2/t14-,18+,19?,21+,22-/m1/s1. The first-order valence-corrected chi connectivity index (χ1v) is 14.5. The summed E-state index contributed by atoms with van der Waals surface area (Å²) in [5.74, 6) is -3.57. The van der Waals surface area contributed by atoms with Gasteiger partial charge in [-0.2, -0.15) is 13.2 Å². The molecule has 6 nitrogen and oxygen atoms in total. The Morgan fingerprint density at radius 1 is 1.11 bits per heavy atom. The highest BCUT2D eigenvalue weighted by Gasteiger charge is 2.58. The number of fused-ring (bicyclic) bond motifs is 1. The van der Waals surface area contributed by atoms with Gasteiger partial charge in [0.25, 0.3) is 0 Å². The number of rotatable bonds is 5. The van der Waals surface area contributed by atoms with E-state index in [1.165, 1.54) is 0 Å². The maximum absolute atomic E-state index is 15.2. The molecule has 2 aliphatic carbocycles. The minimum Gasteiger partial charge on any atom is -0.396 e. The number of nitrogens with one attached hydrogen (secondary N) is 1. The zero-order valence-corrected chi connectivity index (χ0v) is 20.6. The van der Waals surface area contributed by atoms with E-state index in [2.05, 4.69) is 4.72 Å². The largest absolute Gasteiger partial charge is 0.416 e. The van der Waals surface area contributed by atoms with Crippen LogP contribution < -0.4 is 4.72 Å². The van der Waals surface area contributed by atoms with E-state index in [9.17, 15) is 39.5 Å². The molecule has 36 heavy (non-hydrogen) atoms. The van der Waals surface area contributed by atoms with Crippen LogP contribution in [0, 0.1) is 11.8 Å². The van der Waals surface area contributed by atoms with Gasteiger partial charge in [0.2, 0.25) is 10.0 Å². The third-order valence-electron chi connectivity index (χ3n) is 7.64. The third kappa shape index (κ3) is 4.74. The van der Waals surface area contributed by atoms with Gasteiger partial charge in [-0.1, -0.05) is 0 Å². The van der Waals surface area contributed by atoms with Gasteiger partial charge in [-0.25, -0.2) is 30.3 Å². The molecule has 0 radical (unpaired) electrons. The number of benzene rings is 1. The van der Waals surface area contributed by atoms with Crippen LogP contribution in [0.4, 0.5) is 22.0 Å². The number of allylic oxidation sites excluding steroid dienone is 4. The van der Waals surface area contributed by atoms with Crippen molar-refractivity contribution in [2.75, 3.05) is 6.61 Å². The predicted octanol–water partition coefficient (Wildman–Crippen LogP) is 4.19. The van der Waals surface area contributed by atoms with Crippen molar-refractivity contribution in [3.8, 4) is 0 Å². The summed E-state index contributed by atoms with van der Waals surface area (Å²) in [5, 5.41) is 8.31. The molecule has 0 spiro atoms. The van der Waals surface area contributed by atoms with Crippen molar-refractivity contribution in [1.82, 2.24) is 4.72 Å². The molecule has 4 rings (SSSR count). The Balaban J connectivity index is 1.79. The molecule has 1 heterocycles. The summed E-state index contributed by atoms with van der Waals surface area (Å²) in [6.45, 7) is -0.409. The van der Waals surface area contributed by atoms with E-state index in [0.29, 0.717) is 12.1 Å². The number of hydrogen-bond donors (Lipinski definition) is 2. The van der Waals surface area contributed by atoms with Gasteiger partial charge >= 0.3 is 6.18 Å². The molecule has 0 amide bonds. The van der Waals surface area contributed by atoms with Crippen LogP contribution in [0.5, 0.6) is 0 Å². The molecule has 1 saturated carbocycles. The molecular formula is C23H26F5NO5S2. The lowest BCUT2D eigenvalue weighted by Crippen LogP contribution is -2.60. The van der Waals surface area contributed by atoms with Gasteiger partial charge in [-0.3, -0.25) is 0 Å². The first kappa shape index (κ1) is 27.2. The minimum absolute atomic E-state index is 0.0151. The highest BCUT2D eigenvalue weighted by Crippen LogP contribution is 2.53. The highest BCUT2D eigenvalue weighted by atomic mass is 32.2. The van der Waals surface area contributed by atoms with Crippen molar-refractivity contribution in [2.45, 2.75) is 65.6 Å². The first-order chi connectivity index (χ1) is 16.7. The van der Waals surface area contributed by atoms with Crippen LogP contribution in [0.2, 0.25) is 0 Å². The van der Waals surface area contributed by atoms with Crippen molar-refractivity contribution in [2.24, 2.45) is 11.8 Å². The topological polar surface area (TPSA) is 101 Å². The van der Waals surface area contributed by atoms with Gasteiger partial charge in [0.05, 0.1) is 20.5 Å². The zero-order valence-electron chi connectivity index (χ0n) is 19.0. The number of sulfonamides is 1. The first-order valence-electron chi connectivity index (χ1n) is 11.5. The summed E-state index contributed by atoms with van der Waals surface area (Å²) in [7, 11) is -8.28. The molecule has 1 aromatic rings. The number of aliphatic hydroxyl groups excluding tert-OH is 1. The summed E-state index contributed by atoms with van der Waals surface area (Å²) in [6, 6.07) is 2.27. The van der Waals surface area contributed by atoms with Crippen molar-refractivity contribution in [1.29, 1.82) is 0 Å². The summed E-state index contributed by atoms with van der Waals surface area (Å²) in [6.07, 6.45) is -3.94. The van der Waals surface area contributed by atoms with Crippen LogP contribution in [0.1, 0.15) is 44.1 Å². The van der Waals surface area contributed by atoms with Crippen molar-refractivity contribution >= 4 is 19.9 Å². The van der Waals surface area contributed by atoms with E-state index in [4.69, 9.17) is 0 Å². The van der Waals surface area contributed by atoms with E-state index in [1.807, 2.05) is 0 Å². The van der Waals surface area contributed by atoms with E-state index >= 15 is 4.39 Å². The van der Waals surface area contributed by atoms with E-state index < -0.39 is 89.1 Å². The average molecular weight is 556 g/mol. The second kappa shape index (κ2) is 9.48. The molecule has 0 aromatic heterocycles. The number of halogens is 5. The van der Waals surface area contributed by atoms with Gasteiger partial charge in [0, 0.05) is 25.0 Å². The Labute approximate surface area is 206 Å². The van der Waals surface area contributed by atoms with Gasteiger partial charge in [-0.05, 0) is 74.4 Å². The van der Waals surface area contributed by atoms with Crippen LogP contribution in [0.25, 0.3) is 0 Å². The maximum atomic E-state index is 15.2. The zero-order chi connectivity index (χ0) is 26.5. The van der Waals surface area contributed by atoms with Gasteiger partial charge in [0.1, 0.15) is 11.7 Å². The molecule has 5 atom stereocenters. The normalized spacial score (nSPS) is 32.8. The summed E-state index contributed by atoms with van der Waals surface area (Å²) in [5.41, 5.74) is -1.05. The highest BCUT2D eigenvalue weighted by molar-refractivity contribution is 7.93. The van der Waals surface area contributed by atoms with Crippen LogP contribution >= 0.6 is 0 Å². The number of aliphatic hydroxyl groups is 1. The number of hydrogen-bond acceptors (Lipinski definition) is 5. The molecule has 1 aromatic carbocycles. The van der Waals surface area contributed by atoms with Crippen LogP contribution in [0.3, 0.4) is 0 Å². The third-order valence-corrected chi connectivity index (χ3v) is 12.2. The average Bonchev–Trinajstić information content (AvgIpc) is 2.80. The summed E-state index contributed by atoms with van der Waals surface area (Å²) < 4.78 is 122. The quantitative estimate of drug-likeness (QED) is 0.531. The number of sulfone groups is 1. The van der Waals surface area contributed by atoms with Crippen molar-refractivity contribution < 1.29 is 43.9 Å². The number of alkyl halides is 3. The predicted molar refractivity (Wildman–Crippen MR) is 121 cm³/mol. The lowest BCUT2D eigenvalue weighted by Gasteiger charge is -2.50. The smallest absolute Gasteiger partial charge is 0.396 e. The fourth-order valence-corrected chi connectivity index (χ4v) is 10.00. The van der Waals surface area contributed by atoms with Gasteiger partial charge < -0.3 is 5.11 Å². The Hall–Kier alpha value is -1.83. The Kier molecular flexibility index (Phi) is 7.17. The Bertz CT molecular complexity index is 1270. The second-order valence-electron chi connectivity index (χ2n) is 9.65. The molecule has 200 valence electrons. The van der Waals surface area contributed by atoms with Crippen LogP contribution in [-0.2, 0) is 26.0 Å². The molecule has 3 aliphatic rings. The molecule has 0 bridgehead atoms. The Morgan fingerprint density at radius 2 is 1.78 bits per heavy atom. The lowest BCUT2D eigenvalue weighted by atomic mass is 9.68. The van der Waals surface area contributed by atoms with E-state index in [1.54, 1.807) is 0 Å². The molecule has 1 unspecified atom stereocenters. The second-order valence-corrected chi connectivity index (χ2v) is 13.9. The molecule has 13 heteroatoms. The monoisotopic (exact) mass is 555 g/mol. The molecule has 2 N–H and O–H groups in total. The van der Waals surface area contributed by atoms with Gasteiger partial charge in [0.15, 0.2) is 9.84 Å². The van der Waals surface area contributed by atoms with Crippen LogP contribution in [0.15, 0.2) is 53.0 Å². The lowest BCUT2D eigenvalue weighted by molar-refractivity contribution is -0.137. The molecule has 1 saturated heterocycles. The fourth-order valence-electron chi connectivity index (χ4n) is 5.80.